The monoisotopic (exact) mass is 440 g/mol. The van der Waals surface area contributed by atoms with Crippen LogP contribution in [-0.4, -0.2) is 57.4 Å². The highest BCUT2D eigenvalue weighted by molar-refractivity contribution is 5.95. The van der Waals surface area contributed by atoms with Crippen molar-refractivity contribution >= 4 is 18.0 Å². The highest BCUT2D eigenvalue weighted by atomic mass is 16.6. The van der Waals surface area contributed by atoms with Gasteiger partial charge in [0.15, 0.2) is 0 Å². The van der Waals surface area contributed by atoms with Crippen molar-refractivity contribution in [3.05, 3.63) is 70.8 Å². The highest BCUT2D eigenvalue weighted by Crippen LogP contribution is 2.27. The zero-order chi connectivity index (χ0) is 23.5. The van der Waals surface area contributed by atoms with Crippen molar-refractivity contribution in [1.82, 2.24) is 10.2 Å². The second-order valence-corrected chi connectivity index (χ2v) is 8.81. The van der Waals surface area contributed by atoms with Crippen LogP contribution in [-0.2, 0) is 17.7 Å². The van der Waals surface area contributed by atoms with Crippen LogP contribution in [0.5, 0.6) is 0 Å². The third kappa shape index (κ3) is 5.64. The summed E-state index contributed by atoms with van der Waals surface area (Å²) in [7, 11) is 0. The first-order valence-electron chi connectivity index (χ1n) is 10.4. The van der Waals surface area contributed by atoms with E-state index >= 15 is 0 Å². The van der Waals surface area contributed by atoms with Gasteiger partial charge in [0, 0.05) is 18.7 Å². The van der Waals surface area contributed by atoms with Gasteiger partial charge in [-0.3, -0.25) is 9.69 Å². The van der Waals surface area contributed by atoms with E-state index < -0.39 is 35.7 Å². The molecule has 0 aromatic heterocycles. The molecule has 0 saturated heterocycles. The van der Waals surface area contributed by atoms with Crippen LogP contribution >= 0.6 is 0 Å². The molecular weight excluding hydrogens is 412 g/mol. The number of carboxylic acids is 1. The van der Waals surface area contributed by atoms with Crippen molar-refractivity contribution in [2.45, 2.75) is 51.5 Å². The molecule has 0 saturated carbocycles. The number of nitrogens with one attached hydrogen (secondary N) is 1. The maximum Gasteiger partial charge on any atom is 0.410 e. The van der Waals surface area contributed by atoms with Gasteiger partial charge in [0.25, 0.3) is 5.91 Å². The molecule has 2 aromatic rings. The summed E-state index contributed by atoms with van der Waals surface area (Å²) < 4.78 is 5.54. The Balaban J connectivity index is 1.71. The Hall–Kier alpha value is -3.39. The van der Waals surface area contributed by atoms with Crippen LogP contribution < -0.4 is 5.32 Å². The number of hydrogen-bond donors (Lipinski definition) is 3. The van der Waals surface area contributed by atoms with Crippen LogP contribution in [0, 0.1) is 0 Å². The van der Waals surface area contributed by atoms with E-state index in [1.807, 2.05) is 24.3 Å². The van der Waals surface area contributed by atoms with E-state index in [4.69, 9.17) is 9.84 Å². The van der Waals surface area contributed by atoms with E-state index in [2.05, 4.69) is 5.32 Å². The van der Waals surface area contributed by atoms with Crippen LogP contribution in [0.4, 0.5) is 4.79 Å². The van der Waals surface area contributed by atoms with Crippen LogP contribution in [0.2, 0.25) is 0 Å². The van der Waals surface area contributed by atoms with Crippen molar-refractivity contribution in [3.8, 4) is 0 Å². The normalized spacial score (nSPS) is 16.6. The van der Waals surface area contributed by atoms with E-state index in [0.29, 0.717) is 13.0 Å². The number of fused-ring (bicyclic) bond motifs is 1. The van der Waals surface area contributed by atoms with Gasteiger partial charge < -0.3 is 20.3 Å². The second kappa shape index (κ2) is 9.40. The first-order valence-corrected chi connectivity index (χ1v) is 10.4. The molecule has 2 atom stereocenters. The fourth-order valence-electron chi connectivity index (χ4n) is 3.61. The summed E-state index contributed by atoms with van der Waals surface area (Å²) in [5, 5.41) is 22.5. The van der Waals surface area contributed by atoms with E-state index in [1.54, 1.807) is 20.8 Å². The molecule has 1 aliphatic heterocycles. The number of ether oxygens (including phenoxy) is 1. The molecule has 0 aliphatic carbocycles. The summed E-state index contributed by atoms with van der Waals surface area (Å²) >= 11 is 0. The van der Waals surface area contributed by atoms with Gasteiger partial charge >= 0.3 is 12.1 Å². The van der Waals surface area contributed by atoms with Crippen molar-refractivity contribution in [1.29, 1.82) is 0 Å². The minimum atomic E-state index is -1.08. The fourth-order valence-corrected chi connectivity index (χ4v) is 3.61. The molecule has 170 valence electrons. The van der Waals surface area contributed by atoms with Crippen molar-refractivity contribution < 1.29 is 29.3 Å². The molecule has 3 rings (SSSR count). The average Bonchev–Trinajstić information content (AvgIpc) is 2.75. The highest BCUT2D eigenvalue weighted by Gasteiger charge is 2.36. The van der Waals surface area contributed by atoms with Crippen LogP contribution in [0.25, 0.3) is 0 Å². The smallest absolute Gasteiger partial charge is 0.410 e. The quantitative estimate of drug-likeness (QED) is 0.658. The van der Waals surface area contributed by atoms with Gasteiger partial charge in [-0.1, -0.05) is 24.3 Å². The summed E-state index contributed by atoms with van der Waals surface area (Å²) in [6, 6.07) is 12.7. The van der Waals surface area contributed by atoms with Crippen LogP contribution in [0.3, 0.4) is 0 Å². The predicted octanol–water partition coefficient (Wildman–Crippen LogP) is 2.84. The molecular formula is C24H28N2O6. The zero-order valence-corrected chi connectivity index (χ0v) is 18.4. The average molecular weight is 440 g/mol. The molecule has 0 radical (unpaired) electrons. The Morgan fingerprint density at radius 3 is 2.25 bits per heavy atom. The van der Waals surface area contributed by atoms with Crippen molar-refractivity contribution in [2.24, 2.45) is 0 Å². The minimum Gasteiger partial charge on any atom is -0.478 e. The largest absolute Gasteiger partial charge is 0.478 e. The lowest BCUT2D eigenvalue weighted by atomic mass is 9.91. The van der Waals surface area contributed by atoms with E-state index in [9.17, 15) is 19.5 Å². The summed E-state index contributed by atoms with van der Waals surface area (Å²) in [6.07, 6.45) is -1.12. The molecule has 0 fully saturated rings. The van der Waals surface area contributed by atoms with Gasteiger partial charge in [-0.25, -0.2) is 9.59 Å². The third-order valence-corrected chi connectivity index (χ3v) is 5.23. The summed E-state index contributed by atoms with van der Waals surface area (Å²) in [4.78, 5) is 37.7. The number of aromatic carboxylic acids is 1. The fraction of sp³-hybridized carbons (Fsp3) is 0.375. The lowest BCUT2D eigenvalue weighted by Crippen LogP contribution is -2.54. The number of aliphatic hydroxyl groups is 1. The number of rotatable bonds is 5. The van der Waals surface area contributed by atoms with E-state index in [-0.39, 0.29) is 17.7 Å². The third-order valence-electron chi connectivity index (χ3n) is 5.23. The van der Waals surface area contributed by atoms with Gasteiger partial charge in [0.1, 0.15) is 5.60 Å². The van der Waals surface area contributed by atoms with Gasteiger partial charge in [0.2, 0.25) is 0 Å². The number of carbonyl (C=O) groups excluding carboxylic acids is 2. The number of nitrogens with zero attached hydrogens (tertiary/aromatic N) is 1. The summed E-state index contributed by atoms with van der Waals surface area (Å²) in [5.41, 5.74) is 1.70. The summed E-state index contributed by atoms with van der Waals surface area (Å²) in [6.45, 7) is 5.57. The standard InChI is InChI=1S/C24H28N2O6/c1-24(2,3)32-23(31)26-14-18-7-5-4-6-17(18)12-19(26)20(27)13-25-21(28)15-8-10-16(11-9-15)22(29)30/h4-11,19-20,27H,12-14H2,1-3H3,(H,25,28)(H,29,30)/t19-,20?/m0/s1. The Kier molecular flexibility index (Phi) is 6.84. The number of hydrogen-bond acceptors (Lipinski definition) is 5. The number of carboxylic acid groups (broad SMARTS) is 1. The lowest BCUT2D eigenvalue weighted by Gasteiger charge is -2.40. The summed E-state index contributed by atoms with van der Waals surface area (Å²) in [5.74, 6) is -1.52. The lowest BCUT2D eigenvalue weighted by molar-refractivity contribution is -0.0113. The zero-order valence-electron chi connectivity index (χ0n) is 18.4. The van der Waals surface area contributed by atoms with Crippen LogP contribution in [0.15, 0.2) is 48.5 Å². The molecule has 8 nitrogen and oxygen atoms in total. The molecule has 32 heavy (non-hydrogen) atoms. The molecule has 1 aliphatic rings. The second-order valence-electron chi connectivity index (χ2n) is 8.81. The van der Waals surface area contributed by atoms with Crippen LogP contribution in [0.1, 0.15) is 52.6 Å². The Morgan fingerprint density at radius 2 is 1.66 bits per heavy atom. The number of aliphatic hydroxyl groups excluding tert-OH is 1. The topological polar surface area (TPSA) is 116 Å². The molecule has 8 heteroatoms. The number of amides is 2. The molecule has 1 unspecified atom stereocenters. The maximum atomic E-state index is 12.8. The van der Waals surface area contributed by atoms with Gasteiger partial charge in [0.05, 0.1) is 17.7 Å². The maximum absolute atomic E-state index is 12.8. The Labute approximate surface area is 186 Å². The van der Waals surface area contributed by atoms with Gasteiger partial charge in [-0.15, -0.1) is 0 Å². The molecule has 1 heterocycles. The molecule has 2 aromatic carbocycles. The minimum absolute atomic E-state index is 0.0777. The first-order chi connectivity index (χ1) is 15.0. The molecule has 3 N–H and O–H groups in total. The Bertz CT molecular complexity index is 996. The first kappa shape index (κ1) is 23.3. The molecule has 0 bridgehead atoms. The molecule has 2 amide bonds. The van der Waals surface area contributed by atoms with E-state index in [0.717, 1.165) is 11.1 Å². The number of benzene rings is 2. The van der Waals surface area contributed by atoms with Gasteiger partial charge in [-0.05, 0) is 62.6 Å². The van der Waals surface area contributed by atoms with Crippen molar-refractivity contribution in [3.63, 3.8) is 0 Å². The SMILES string of the molecule is CC(C)(C)OC(=O)N1Cc2ccccc2C[C@H]1C(O)CNC(=O)c1ccc(C(=O)O)cc1. The number of carbonyl (C=O) groups is 3. The van der Waals surface area contributed by atoms with Crippen molar-refractivity contribution in [2.75, 3.05) is 6.54 Å². The molecule has 0 spiro atoms. The predicted molar refractivity (Wildman–Crippen MR) is 117 cm³/mol. The van der Waals surface area contributed by atoms with E-state index in [1.165, 1.54) is 29.2 Å². The Morgan fingerprint density at radius 1 is 1.06 bits per heavy atom. The van der Waals surface area contributed by atoms with Gasteiger partial charge in [-0.2, -0.15) is 0 Å².